The summed E-state index contributed by atoms with van der Waals surface area (Å²) in [4.78, 5) is 14.7. The molecular weight excluding hydrogens is 226 g/mol. The Hall–Kier alpha value is -1.60. The van der Waals surface area contributed by atoms with Crippen molar-refractivity contribution in [1.82, 2.24) is 0 Å². The zero-order valence-corrected chi connectivity index (χ0v) is 11.2. The Bertz CT molecular complexity index is 483. The summed E-state index contributed by atoms with van der Waals surface area (Å²) in [5, 5.41) is 0. The Morgan fingerprint density at radius 1 is 1.39 bits per heavy atom. The van der Waals surface area contributed by atoms with Crippen molar-refractivity contribution in [2.45, 2.75) is 44.6 Å². The molecule has 1 aromatic rings. The Balaban J connectivity index is 2.47. The Morgan fingerprint density at radius 3 is 2.56 bits per heavy atom. The average molecular weight is 245 g/mol. The van der Waals surface area contributed by atoms with E-state index in [1.807, 2.05) is 6.07 Å². The molecule has 0 N–H and O–H groups in total. The molecule has 18 heavy (non-hydrogen) atoms. The minimum atomic E-state index is -0.386. The van der Waals surface area contributed by atoms with Crippen molar-refractivity contribution in [2.75, 3.05) is 7.11 Å². The molecule has 0 atom stereocenters. The highest BCUT2D eigenvalue weighted by molar-refractivity contribution is 5.47. The first-order valence-electron chi connectivity index (χ1n) is 6.40. The molecule has 0 unspecified atom stereocenters. The second kappa shape index (κ2) is 4.95. The van der Waals surface area contributed by atoms with Gasteiger partial charge in [-0.2, -0.15) is 4.99 Å². The lowest BCUT2D eigenvalue weighted by Gasteiger charge is -2.38. The maximum atomic E-state index is 10.6. The van der Waals surface area contributed by atoms with Crippen LogP contribution in [0.15, 0.2) is 23.2 Å². The molecule has 1 saturated carbocycles. The second-order valence-electron chi connectivity index (χ2n) is 5.20. The summed E-state index contributed by atoms with van der Waals surface area (Å²) in [6, 6.07) is 6.21. The highest BCUT2D eigenvalue weighted by Crippen LogP contribution is 2.48. The molecule has 1 aromatic carbocycles. The van der Waals surface area contributed by atoms with E-state index >= 15 is 0 Å². The molecule has 0 amide bonds. The zero-order valence-electron chi connectivity index (χ0n) is 11.2. The summed E-state index contributed by atoms with van der Waals surface area (Å²) < 4.78 is 5.47. The number of nitrogens with zero attached hydrogens (tertiary/aromatic N) is 1. The van der Waals surface area contributed by atoms with E-state index in [0.717, 1.165) is 30.6 Å². The third-order valence-electron chi connectivity index (χ3n) is 3.83. The van der Waals surface area contributed by atoms with Crippen LogP contribution < -0.4 is 4.74 Å². The van der Waals surface area contributed by atoms with Crippen molar-refractivity contribution in [3.05, 3.63) is 29.3 Å². The predicted octanol–water partition coefficient (Wildman–Crippen LogP) is 3.53. The van der Waals surface area contributed by atoms with Crippen LogP contribution in [-0.4, -0.2) is 13.2 Å². The third kappa shape index (κ3) is 2.06. The SMILES string of the molecule is COc1cc(C(C)C)ccc1C1(N=C=O)CCC1. The molecule has 1 aliphatic carbocycles. The number of ether oxygens (including phenoxy) is 1. The molecule has 0 saturated heterocycles. The van der Waals surface area contributed by atoms with Crippen LogP contribution in [-0.2, 0) is 10.3 Å². The summed E-state index contributed by atoms with van der Waals surface area (Å²) >= 11 is 0. The van der Waals surface area contributed by atoms with Crippen molar-refractivity contribution in [2.24, 2.45) is 4.99 Å². The summed E-state index contributed by atoms with van der Waals surface area (Å²) in [5.74, 6) is 1.29. The van der Waals surface area contributed by atoms with E-state index in [1.54, 1.807) is 13.2 Å². The van der Waals surface area contributed by atoms with E-state index < -0.39 is 0 Å². The molecule has 1 fully saturated rings. The molecule has 0 aromatic heterocycles. The van der Waals surface area contributed by atoms with Gasteiger partial charge in [-0.15, -0.1) is 0 Å². The maximum absolute atomic E-state index is 10.6. The van der Waals surface area contributed by atoms with E-state index in [1.165, 1.54) is 5.56 Å². The zero-order chi connectivity index (χ0) is 13.2. The van der Waals surface area contributed by atoms with Gasteiger partial charge in [0, 0.05) is 5.56 Å². The first kappa shape index (κ1) is 12.8. The lowest BCUT2D eigenvalue weighted by atomic mass is 9.71. The fraction of sp³-hybridized carbons (Fsp3) is 0.533. The van der Waals surface area contributed by atoms with Crippen LogP contribution in [0.5, 0.6) is 5.75 Å². The van der Waals surface area contributed by atoms with Gasteiger partial charge in [0.05, 0.1) is 7.11 Å². The van der Waals surface area contributed by atoms with E-state index in [9.17, 15) is 4.79 Å². The molecule has 0 radical (unpaired) electrons. The minimum absolute atomic E-state index is 0.386. The molecule has 0 heterocycles. The first-order valence-corrected chi connectivity index (χ1v) is 6.40. The van der Waals surface area contributed by atoms with E-state index in [4.69, 9.17) is 4.74 Å². The quantitative estimate of drug-likeness (QED) is 0.601. The van der Waals surface area contributed by atoms with Crippen molar-refractivity contribution >= 4 is 6.08 Å². The van der Waals surface area contributed by atoms with Gasteiger partial charge in [-0.1, -0.05) is 26.0 Å². The molecule has 0 spiro atoms. The third-order valence-corrected chi connectivity index (χ3v) is 3.83. The van der Waals surface area contributed by atoms with Gasteiger partial charge < -0.3 is 4.74 Å². The Labute approximate surface area is 108 Å². The normalized spacial score (nSPS) is 16.9. The largest absolute Gasteiger partial charge is 0.496 e. The van der Waals surface area contributed by atoms with E-state index in [-0.39, 0.29) is 5.54 Å². The van der Waals surface area contributed by atoms with Gasteiger partial charge in [0.15, 0.2) is 0 Å². The average Bonchev–Trinajstić information content (AvgIpc) is 2.33. The fourth-order valence-corrected chi connectivity index (χ4v) is 2.49. The number of rotatable bonds is 4. The van der Waals surface area contributed by atoms with Crippen LogP contribution in [0.25, 0.3) is 0 Å². The van der Waals surface area contributed by atoms with Gasteiger partial charge in [0.2, 0.25) is 6.08 Å². The maximum Gasteiger partial charge on any atom is 0.235 e. The number of carbonyl (C=O) groups excluding carboxylic acids is 1. The van der Waals surface area contributed by atoms with E-state index in [2.05, 4.69) is 31.0 Å². The van der Waals surface area contributed by atoms with Crippen LogP contribution >= 0.6 is 0 Å². The summed E-state index contributed by atoms with van der Waals surface area (Å²) in [6.45, 7) is 4.30. The number of hydrogen-bond donors (Lipinski definition) is 0. The topological polar surface area (TPSA) is 38.7 Å². The highest BCUT2D eigenvalue weighted by Gasteiger charge is 2.41. The molecular formula is C15H19NO2. The number of aliphatic imine (C=N–C) groups is 1. The number of benzene rings is 1. The first-order chi connectivity index (χ1) is 8.63. The number of isocyanates is 1. The van der Waals surface area contributed by atoms with Gasteiger partial charge >= 0.3 is 0 Å². The van der Waals surface area contributed by atoms with E-state index in [0.29, 0.717) is 5.92 Å². The Kier molecular flexibility index (Phi) is 3.53. The van der Waals surface area contributed by atoms with Gasteiger partial charge in [0.25, 0.3) is 0 Å². The molecule has 1 aliphatic rings. The molecule has 0 bridgehead atoms. The minimum Gasteiger partial charge on any atom is -0.496 e. The van der Waals surface area contributed by atoms with Gasteiger partial charge in [0.1, 0.15) is 11.3 Å². The molecule has 3 heteroatoms. The molecule has 0 aliphatic heterocycles. The van der Waals surface area contributed by atoms with Crippen LogP contribution in [0.2, 0.25) is 0 Å². The highest BCUT2D eigenvalue weighted by atomic mass is 16.5. The molecule has 3 nitrogen and oxygen atoms in total. The van der Waals surface area contributed by atoms with Crippen LogP contribution in [0.4, 0.5) is 0 Å². The lowest BCUT2D eigenvalue weighted by molar-refractivity contribution is 0.246. The van der Waals surface area contributed by atoms with Crippen molar-refractivity contribution in [3.63, 3.8) is 0 Å². The summed E-state index contributed by atoms with van der Waals surface area (Å²) in [6.07, 6.45) is 4.62. The lowest BCUT2D eigenvalue weighted by Crippen LogP contribution is -2.32. The van der Waals surface area contributed by atoms with Crippen molar-refractivity contribution < 1.29 is 9.53 Å². The Morgan fingerprint density at radius 2 is 2.11 bits per heavy atom. The second-order valence-corrected chi connectivity index (χ2v) is 5.20. The fourth-order valence-electron chi connectivity index (χ4n) is 2.49. The smallest absolute Gasteiger partial charge is 0.235 e. The summed E-state index contributed by atoms with van der Waals surface area (Å²) in [5.41, 5.74) is 1.87. The predicted molar refractivity (Wildman–Crippen MR) is 70.7 cm³/mol. The van der Waals surface area contributed by atoms with Crippen molar-refractivity contribution in [3.8, 4) is 5.75 Å². The standard InChI is InChI=1S/C15H19NO2/c1-11(2)12-5-6-13(14(9-12)18-3)15(16-10-17)7-4-8-15/h5-6,9,11H,4,7-8H2,1-3H3. The van der Waals surface area contributed by atoms with Gasteiger partial charge in [-0.25, -0.2) is 4.79 Å². The van der Waals surface area contributed by atoms with Crippen molar-refractivity contribution in [1.29, 1.82) is 0 Å². The van der Waals surface area contributed by atoms with Gasteiger partial charge in [-0.3, -0.25) is 0 Å². The molecule has 96 valence electrons. The van der Waals surface area contributed by atoms with Crippen LogP contribution in [0.1, 0.15) is 50.2 Å². The van der Waals surface area contributed by atoms with Crippen LogP contribution in [0.3, 0.4) is 0 Å². The summed E-state index contributed by atoms with van der Waals surface area (Å²) in [7, 11) is 1.67. The van der Waals surface area contributed by atoms with Crippen LogP contribution in [0, 0.1) is 0 Å². The number of methoxy groups -OCH3 is 1. The number of hydrogen-bond acceptors (Lipinski definition) is 3. The van der Waals surface area contributed by atoms with Gasteiger partial charge in [-0.05, 0) is 36.8 Å². The molecule has 2 rings (SSSR count). The monoisotopic (exact) mass is 245 g/mol.